The predicted octanol–water partition coefficient (Wildman–Crippen LogP) is 3.59. The Bertz CT molecular complexity index is 1080. The van der Waals surface area contributed by atoms with Crippen LogP contribution >= 0.6 is 0 Å². The Morgan fingerprint density at radius 1 is 1.03 bits per heavy atom. The second kappa shape index (κ2) is 9.43. The summed E-state index contributed by atoms with van der Waals surface area (Å²) in [5.41, 5.74) is 1.73. The van der Waals surface area contributed by atoms with Crippen LogP contribution in [-0.2, 0) is 20.2 Å². The van der Waals surface area contributed by atoms with Gasteiger partial charge < -0.3 is 5.32 Å². The standard InChI is InChI=1S/C25H29N3O3S/c26-18-20-8-10-23(11-9-20)32(30,31)28-16-12-21(13-17-28)24(29)27-19-25(14-4-5-15-25)22-6-2-1-3-7-22/h1-3,6-11,21H,4-5,12-17,19H2,(H,27,29). The average molecular weight is 452 g/mol. The van der Waals surface area contributed by atoms with Crippen LogP contribution in [0.2, 0.25) is 0 Å². The number of nitriles is 1. The minimum Gasteiger partial charge on any atom is -0.355 e. The van der Waals surface area contributed by atoms with Crippen LogP contribution in [-0.4, -0.2) is 38.3 Å². The molecule has 2 aromatic rings. The number of amides is 1. The van der Waals surface area contributed by atoms with Crippen molar-refractivity contribution in [3.05, 3.63) is 65.7 Å². The highest BCUT2D eigenvalue weighted by molar-refractivity contribution is 7.89. The molecule has 0 aromatic heterocycles. The van der Waals surface area contributed by atoms with Gasteiger partial charge in [0.15, 0.2) is 0 Å². The Morgan fingerprint density at radius 3 is 2.25 bits per heavy atom. The lowest BCUT2D eigenvalue weighted by Gasteiger charge is -2.33. The third-order valence-electron chi connectivity index (χ3n) is 6.99. The molecule has 7 heteroatoms. The summed E-state index contributed by atoms with van der Waals surface area (Å²) in [6.45, 7) is 1.29. The highest BCUT2D eigenvalue weighted by atomic mass is 32.2. The monoisotopic (exact) mass is 451 g/mol. The SMILES string of the molecule is N#Cc1ccc(S(=O)(=O)N2CCC(C(=O)NCC3(c4ccccc4)CCCC3)CC2)cc1. The summed E-state index contributed by atoms with van der Waals surface area (Å²) in [5, 5.41) is 12.1. The molecule has 6 nitrogen and oxygen atoms in total. The first-order chi connectivity index (χ1) is 15.4. The molecule has 1 amide bonds. The van der Waals surface area contributed by atoms with Crippen LogP contribution in [0.3, 0.4) is 0 Å². The first kappa shape index (κ1) is 22.5. The maximum Gasteiger partial charge on any atom is 0.243 e. The van der Waals surface area contributed by atoms with Gasteiger partial charge in [-0.25, -0.2) is 8.42 Å². The Morgan fingerprint density at radius 2 is 1.66 bits per heavy atom. The molecule has 2 fully saturated rings. The van der Waals surface area contributed by atoms with E-state index >= 15 is 0 Å². The van der Waals surface area contributed by atoms with Gasteiger partial charge in [0.05, 0.1) is 16.5 Å². The smallest absolute Gasteiger partial charge is 0.243 e. The molecule has 2 aromatic carbocycles. The van der Waals surface area contributed by atoms with Crippen molar-refractivity contribution >= 4 is 15.9 Å². The Hall–Kier alpha value is -2.69. The van der Waals surface area contributed by atoms with Crippen molar-refractivity contribution in [2.45, 2.75) is 48.8 Å². The number of carbonyl (C=O) groups is 1. The van der Waals surface area contributed by atoms with Gasteiger partial charge in [-0.15, -0.1) is 0 Å². The van der Waals surface area contributed by atoms with Crippen LogP contribution in [0.25, 0.3) is 0 Å². The zero-order valence-corrected chi connectivity index (χ0v) is 19.0. The largest absolute Gasteiger partial charge is 0.355 e. The van der Waals surface area contributed by atoms with Crippen molar-refractivity contribution in [2.75, 3.05) is 19.6 Å². The molecule has 0 radical (unpaired) electrons. The van der Waals surface area contributed by atoms with E-state index in [0.29, 0.717) is 38.0 Å². The first-order valence-electron chi connectivity index (χ1n) is 11.3. The molecular weight excluding hydrogens is 422 g/mol. The van der Waals surface area contributed by atoms with Crippen molar-refractivity contribution < 1.29 is 13.2 Å². The lowest BCUT2D eigenvalue weighted by atomic mass is 9.78. The number of hydrogen-bond acceptors (Lipinski definition) is 4. The Balaban J connectivity index is 1.35. The molecule has 0 atom stereocenters. The van der Waals surface area contributed by atoms with Crippen LogP contribution in [0.5, 0.6) is 0 Å². The fourth-order valence-electron chi connectivity index (χ4n) is 5.02. The molecule has 0 spiro atoms. The average Bonchev–Trinajstić information content (AvgIpc) is 3.33. The summed E-state index contributed by atoms with van der Waals surface area (Å²) in [4.78, 5) is 13.1. The molecule has 1 saturated carbocycles. The molecule has 0 unspecified atom stereocenters. The number of benzene rings is 2. The van der Waals surface area contributed by atoms with Gasteiger partial charge in [-0.2, -0.15) is 9.57 Å². The summed E-state index contributed by atoms with van der Waals surface area (Å²) in [6.07, 6.45) is 5.54. The lowest BCUT2D eigenvalue weighted by Crippen LogP contribution is -2.45. The topological polar surface area (TPSA) is 90.3 Å². The molecule has 0 bridgehead atoms. The van der Waals surface area contributed by atoms with Gasteiger partial charge in [-0.3, -0.25) is 4.79 Å². The van der Waals surface area contributed by atoms with E-state index in [1.807, 2.05) is 12.1 Å². The summed E-state index contributed by atoms with van der Waals surface area (Å²) in [5.74, 6) is -0.140. The highest BCUT2D eigenvalue weighted by Crippen LogP contribution is 2.40. The molecule has 1 aliphatic heterocycles. The van der Waals surface area contributed by atoms with Gasteiger partial charge in [-0.1, -0.05) is 43.2 Å². The molecule has 32 heavy (non-hydrogen) atoms. The van der Waals surface area contributed by atoms with Gasteiger partial charge in [0.2, 0.25) is 15.9 Å². The zero-order chi connectivity index (χ0) is 22.6. The van der Waals surface area contributed by atoms with E-state index < -0.39 is 10.0 Å². The van der Waals surface area contributed by atoms with Crippen molar-refractivity contribution in [1.82, 2.24) is 9.62 Å². The number of rotatable bonds is 6. The van der Waals surface area contributed by atoms with E-state index in [1.54, 1.807) is 0 Å². The quantitative estimate of drug-likeness (QED) is 0.727. The number of sulfonamides is 1. The molecule has 168 valence electrons. The number of hydrogen-bond donors (Lipinski definition) is 1. The van der Waals surface area contributed by atoms with Crippen LogP contribution in [0.1, 0.15) is 49.7 Å². The number of piperidine rings is 1. The van der Waals surface area contributed by atoms with Crippen molar-refractivity contribution in [2.24, 2.45) is 5.92 Å². The maximum absolute atomic E-state index is 12.9. The van der Waals surface area contributed by atoms with Crippen LogP contribution in [0.15, 0.2) is 59.5 Å². The molecule has 4 rings (SSSR count). The van der Waals surface area contributed by atoms with E-state index in [0.717, 1.165) is 12.8 Å². The third kappa shape index (κ3) is 4.57. The van der Waals surface area contributed by atoms with Crippen molar-refractivity contribution in [1.29, 1.82) is 5.26 Å². The van der Waals surface area contributed by atoms with Crippen molar-refractivity contribution in [3.63, 3.8) is 0 Å². The van der Waals surface area contributed by atoms with Crippen LogP contribution in [0, 0.1) is 17.2 Å². The Kier molecular flexibility index (Phi) is 6.63. The van der Waals surface area contributed by atoms with Gasteiger partial charge >= 0.3 is 0 Å². The number of nitrogens with zero attached hydrogens (tertiary/aromatic N) is 2. The second-order valence-corrected chi connectivity index (χ2v) is 10.8. The predicted molar refractivity (Wildman–Crippen MR) is 122 cm³/mol. The number of nitrogens with one attached hydrogen (secondary N) is 1. The van der Waals surface area contributed by atoms with E-state index in [-0.39, 0.29) is 22.1 Å². The fraction of sp³-hybridized carbons (Fsp3) is 0.440. The normalized spacial score (nSPS) is 19.3. The van der Waals surface area contributed by atoms with E-state index in [2.05, 4.69) is 29.6 Å². The van der Waals surface area contributed by atoms with E-state index in [1.165, 1.54) is 47.0 Å². The minimum atomic E-state index is -3.62. The third-order valence-corrected chi connectivity index (χ3v) is 8.91. The molecule has 2 aliphatic rings. The lowest BCUT2D eigenvalue weighted by molar-refractivity contribution is -0.126. The molecule has 1 heterocycles. The molecule has 1 N–H and O–H groups in total. The van der Waals surface area contributed by atoms with Gasteiger partial charge in [0.1, 0.15) is 0 Å². The highest BCUT2D eigenvalue weighted by Gasteiger charge is 2.37. The van der Waals surface area contributed by atoms with Crippen molar-refractivity contribution in [3.8, 4) is 6.07 Å². The summed E-state index contributed by atoms with van der Waals surface area (Å²) < 4.78 is 27.3. The summed E-state index contributed by atoms with van der Waals surface area (Å²) in [6, 6.07) is 18.4. The fourth-order valence-corrected chi connectivity index (χ4v) is 6.49. The number of carbonyl (C=O) groups excluding carboxylic acids is 1. The first-order valence-corrected chi connectivity index (χ1v) is 12.7. The van der Waals surface area contributed by atoms with E-state index in [4.69, 9.17) is 5.26 Å². The van der Waals surface area contributed by atoms with Crippen LogP contribution < -0.4 is 5.32 Å². The van der Waals surface area contributed by atoms with Gasteiger partial charge in [0.25, 0.3) is 0 Å². The second-order valence-electron chi connectivity index (χ2n) is 8.89. The van der Waals surface area contributed by atoms with Gasteiger partial charge in [0, 0.05) is 31.0 Å². The van der Waals surface area contributed by atoms with Crippen LogP contribution in [0.4, 0.5) is 0 Å². The van der Waals surface area contributed by atoms with Gasteiger partial charge in [-0.05, 0) is 55.5 Å². The molecular formula is C25H29N3O3S. The minimum absolute atomic E-state index is 0.0105. The van der Waals surface area contributed by atoms with E-state index in [9.17, 15) is 13.2 Å². The summed E-state index contributed by atoms with van der Waals surface area (Å²) >= 11 is 0. The maximum atomic E-state index is 12.9. The Labute approximate surface area is 190 Å². The zero-order valence-electron chi connectivity index (χ0n) is 18.2. The summed E-state index contributed by atoms with van der Waals surface area (Å²) in [7, 11) is -3.62. The molecule has 1 saturated heterocycles. The molecule has 1 aliphatic carbocycles.